The molecule has 0 saturated heterocycles. The van der Waals surface area contributed by atoms with Crippen LogP contribution < -0.4 is 20.1 Å². The molecule has 0 bridgehead atoms. The largest absolute Gasteiger partial charge is 0.486 e. The van der Waals surface area contributed by atoms with Gasteiger partial charge in [-0.05, 0) is 67.1 Å². The van der Waals surface area contributed by atoms with Crippen LogP contribution in [0.4, 0.5) is 0 Å². The zero-order valence-electron chi connectivity index (χ0n) is 18.7. The molecule has 1 aromatic rings. The van der Waals surface area contributed by atoms with Crippen molar-refractivity contribution in [1.82, 2.24) is 10.6 Å². The standard InChI is InChI=1S/C26H34N2O4/c29-25(23-16-5-1-2-6-17(16)23)27-14-20(15-9-10-21-22(13-15)32-12-11-31-21)28-26(30)24-18-7-3-4-8-19(18)24/h9-10,13,16-20,23-24H,1-8,11-12,14H2,(H,27,29)(H,28,30)/t16-,17-,18-,19+,20-,24?/m0/s1. The number of benzene rings is 1. The van der Waals surface area contributed by atoms with Gasteiger partial charge in [-0.2, -0.15) is 0 Å². The van der Waals surface area contributed by atoms with Crippen molar-refractivity contribution in [2.75, 3.05) is 19.8 Å². The van der Waals surface area contributed by atoms with Gasteiger partial charge in [-0.25, -0.2) is 0 Å². The van der Waals surface area contributed by atoms with Gasteiger partial charge in [0.25, 0.3) is 0 Å². The fraction of sp³-hybridized carbons (Fsp3) is 0.692. The molecule has 4 aliphatic carbocycles. The third-order valence-corrected chi connectivity index (χ3v) is 8.68. The minimum absolute atomic E-state index is 0.149. The molecule has 1 aromatic carbocycles. The maximum absolute atomic E-state index is 13.2. The lowest BCUT2D eigenvalue weighted by atomic mass is 10.0. The molecule has 1 heterocycles. The zero-order valence-corrected chi connectivity index (χ0v) is 18.7. The van der Waals surface area contributed by atoms with Crippen molar-refractivity contribution in [1.29, 1.82) is 0 Å². The molecule has 0 radical (unpaired) electrons. The minimum Gasteiger partial charge on any atom is -0.486 e. The molecule has 32 heavy (non-hydrogen) atoms. The Labute approximate surface area is 189 Å². The Balaban J connectivity index is 1.15. The Hall–Kier alpha value is -2.24. The van der Waals surface area contributed by atoms with E-state index in [0.717, 1.165) is 11.3 Å². The van der Waals surface area contributed by atoms with Crippen LogP contribution in [-0.2, 0) is 9.59 Å². The fourth-order valence-electron chi connectivity index (χ4n) is 6.88. The minimum atomic E-state index is -0.259. The Morgan fingerprint density at radius 2 is 1.38 bits per heavy atom. The molecule has 5 aliphatic rings. The average molecular weight is 439 g/mol. The third-order valence-electron chi connectivity index (χ3n) is 8.68. The molecule has 1 unspecified atom stereocenters. The van der Waals surface area contributed by atoms with Crippen LogP contribution in [0.1, 0.15) is 63.0 Å². The van der Waals surface area contributed by atoms with Gasteiger partial charge in [-0.1, -0.05) is 31.7 Å². The molecular formula is C26H34N2O4. The number of hydrogen-bond acceptors (Lipinski definition) is 4. The number of carbonyl (C=O) groups is 2. The van der Waals surface area contributed by atoms with E-state index in [2.05, 4.69) is 10.6 Å². The van der Waals surface area contributed by atoms with Gasteiger partial charge < -0.3 is 20.1 Å². The molecule has 6 rings (SSSR count). The molecule has 172 valence electrons. The molecule has 0 spiro atoms. The number of ether oxygens (including phenoxy) is 2. The van der Waals surface area contributed by atoms with E-state index in [1.54, 1.807) is 0 Å². The van der Waals surface area contributed by atoms with Gasteiger partial charge in [0.2, 0.25) is 11.8 Å². The van der Waals surface area contributed by atoms with Crippen LogP contribution in [0.25, 0.3) is 0 Å². The Kier molecular flexibility index (Phi) is 5.27. The third kappa shape index (κ3) is 3.75. The van der Waals surface area contributed by atoms with Crippen molar-refractivity contribution in [3.63, 3.8) is 0 Å². The summed E-state index contributed by atoms with van der Waals surface area (Å²) in [6.07, 6.45) is 9.74. The molecule has 1 aliphatic heterocycles. The quantitative estimate of drug-likeness (QED) is 0.712. The van der Waals surface area contributed by atoms with Gasteiger partial charge in [-0.15, -0.1) is 0 Å². The molecule has 6 nitrogen and oxygen atoms in total. The second-order valence-electron chi connectivity index (χ2n) is 10.5. The highest BCUT2D eigenvalue weighted by molar-refractivity contribution is 5.84. The topological polar surface area (TPSA) is 76.7 Å². The molecule has 2 N–H and O–H groups in total. The van der Waals surface area contributed by atoms with Crippen LogP contribution in [0.15, 0.2) is 18.2 Å². The van der Waals surface area contributed by atoms with Crippen molar-refractivity contribution in [3.8, 4) is 11.5 Å². The SMILES string of the molecule is O=C(NC[C@H](NC(=O)C1[C@H]2CCCC[C@@H]12)c1ccc2c(c1)OCCO2)C1[C@H]2CCCC[C@H]12. The van der Waals surface area contributed by atoms with E-state index < -0.39 is 0 Å². The Bertz CT molecular complexity index is 878. The number of hydrogen-bond donors (Lipinski definition) is 2. The lowest BCUT2D eigenvalue weighted by Crippen LogP contribution is -2.39. The molecular weight excluding hydrogens is 404 g/mol. The molecule has 4 fully saturated rings. The zero-order chi connectivity index (χ0) is 21.7. The van der Waals surface area contributed by atoms with Crippen LogP contribution in [0.2, 0.25) is 0 Å². The van der Waals surface area contributed by atoms with Crippen molar-refractivity contribution in [2.24, 2.45) is 35.5 Å². The van der Waals surface area contributed by atoms with Crippen molar-refractivity contribution >= 4 is 11.8 Å². The van der Waals surface area contributed by atoms with E-state index in [1.807, 2.05) is 18.2 Å². The van der Waals surface area contributed by atoms with Gasteiger partial charge in [0.1, 0.15) is 13.2 Å². The summed E-state index contributed by atoms with van der Waals surface area (Å²) in [5.41, 5.74) is 0.958. The average Bonchev–Trinajstić information content (AvgIpc) is 3.74. The van der Waals surface area contributed by atoms with Crippen LogP contribution in [0.5, 0.6) is 11.5 Å². The summed E-state index contributed by atoms with van der Waals surface area (Å²) in [5, 5.41) is 6.47. The second-order valence-corrected chi connectivity index (χ2v) is 10.5. The lowest BCUT2D eigenvalue weighted by molar-refractivity contribution is -0.125. The van der Waals surface area contributed by atoms with E-state index in [4.69, 9.17) is 9.47 Å². The van der Waals surface area contributed by atoms with E-state index in [9.17, 15) is 9.59 Å². The number of fused-ring (bicyclic) bond motifs is 3. The van der Waals surface area contributed by atoms with E-state index in [0.29, 0.717) is 49.2 Å². The summed E-state index contributed by atoms with van der Waals surface area (Å²) in [6, 6.07) is 5.60. The summed E-state index contributed by atoms with van der Waals surface area (Å²) < 4.78 is 11.4. The molecule has 0 aromatic heterocycles. The highest BCUT2D eigenvalue weighted by Gasteiger charge is 2.56. The lowest BCUT2D eigenvalue weighted by Gasteiger charge is -2.23. The molecule has 4 saturated carbocycles. The van der Waals surface area contributed by atoms with Gasteiger partial charge in [0.05, 0.1) is 6.04 Å². The highest BCUT2D eigenvalue weighted by atomic mass is 16.6. The van der Waals surface area contributed by atoms with Gasteiger partial charge in [0, 0.05) is 18.4 Å². The summed E-state index contributed by atoms with van der Waals surface area (Å²) in [4.78, 5) is 26.1. The van der Waals surface area contributed by atoms with Crippen molar-refractivity contribution in [2.45, 2.75) is 57.4 Å². The molecule has 2 amide bonds. The first-order valence-corrected chi connectivity index (χ1v) is 12.7. The Morgan fingerprint density at radius 1 is 0.812 bits per heavy atom. The maximum Gasteiger partial charge on any atom is 0.224 e. The maximum atomic E-state index is 13.2. The van der Waals surface area contributed by atoms with Crippen LogP contribution in [0, 0.1) is 35.5 Å². The summed E-state index contributed by atoms with van der Waals surface area (Å²) >= 11 is 0. The van der Waals surface area contributed by atoms with E-state index in [1.165, 1.54) is 51.4 Å². The number of nitrogens with one attached hydrogen (secondary N) is 2. The molecule has 6 atom stereocenters. The predicted octanol–water partition coefficient (Wildman–Crippen LogP) is 3.60. The fourth-order valence-corrected chi connectivity index (χ4v) is 6.88. The van der Waals surface area contributed by atoms with E-state index in [-0.39, 0.29) is 29.7 Å². The summed E-state index contributed by atoms with van der Waals surface area (Å²) in [7, 11) is 0. The number of carbonyl (C=O) groups excluding carboxylic acids is 2. The monoisotopic (exact) mass is 438 g/mol. The van der Waals surface area contributed by atoms with Gasteiger partial charge in [-0.3, -0.25) is 9.59 Å². The first-order valence-electron chi connectivity index (χ1n) is 12.7. The van der Waals surface area contributed by atoms with Crippen LogP contribution in [-0.4, -0.2) is 31.6 Å². The smallest absolute Gasteiger partial charge is 0.224 e. The summed E-state index contributed by atoms with van der Waals surface area (Å²) in [6.45, 7) is 1.50. The predicted molar refractivity (Wildman–Crippen MR) is 119 cm³/mol. The Morgan fingerprint density at radius 3 is 2.00 bits per heavy atom. The first kappa shape index (κ1) is 20.4. The molecule has 6 heteroatoms. The highest BCUT2D eigenvalue weighted by Crippen LogP contribution is 2.56. The van der Waals surface area contributed by atoms with E-state index >= 15 is 0 Å². The number of rotatable bonds is 6. The summed E-state index contributed by atoms with van der Waals surface area (Å²) in [5.74, 6) is 4.40. The van der Waals surface area contributed by atoms with Crippen molar-refractivity contribution < 1.29 is 19.1 Å². The number of amides is 2. The van der Waals surface area contributed by atoms with Gasteiger partial charge >= 0.3 is 0 Å². The van der Waals surface area contributed by atoms with Gasteiger partial charge in [0.15, 0.2) is 11.5 Å². The van der Waals surface area contributed by atoms with Crippen molar-refractivity contribution in [3.05, 3.63) is 23.8 Å². The first-order chi connectivity index (χ1) is 15.7. The second kappa shape index (κ2) is 8.27. The van der Waals surface area contributed by atoms with Crippen LogP contribution in [0.3, 0.4) is 0 Å². The van der Waals surface area contributed by atoms with Crippen LogP contribution >= 0.6 is 0 Å². The normalized spacial score (nSPS) is 35.0.